The molecule has 2 aromatic rings. The Labute approximate surface area is 132 Å². The molecule has 116 valence electrons. The van der Waals surface area contributed by atoms with Gasteiger partial charge in [-0.1, -0.05) is 80.3 Å². The van der Waals surface area contributed by atoms with Crippen LogP contribution in [-0.2, 0) is 16.1 Å². The SMILES string of the molecule is C[Si](C)(C)C(OC(=O)OCc1ccccc1)c1ccccc1. The molecule has 0 heterocycles. The summed E-state index contributed by atoms with van der Waals surface area (Å²) in [6.45, 7) is 6.76. The highest BCUT2D eigenvalue weighted by atomic mass is 28.3. The highest BCUT2D eigenvalue weighted by Crippen LogP contribution is 2.28. The second-order valence-electron chi connectivity index (χ2n) is 6.30. The Balaban J connectivity index is 2.00. The van der Waals surface area contributed by atoms with Crippen molar-refractivity contribution in [2.75, 3.05) is 0 Å². The molecule has 0 N–H and O–H groups in total. The Morgan fingerprint density at radius 1 is 0.955 bits per heavy atom. The first-order valence-corrected chi connectivity index (χ1v) is 11.0. The molecule has 4 heteroatoms. The van der Waals surface area contributed by atoms with Crippen LogP contribution < -0.4 is 0 Å². The van der Waals surface area contributed by atoms with Crippen molar-refractivity contribution in [3.8, 4) is 0 Å². The van der Waals surface area contributed by atoms with Gasteiger partial charge in [-0.25, -0.2) is 4.79 Å². The van der Waals surface area contributed by atoms with Gasteiger partial charge in [0.2, 0.25) is 0 Å². The number of carbonyl (C=O) groups is 1. The van der Waals surface area contributed by atoms with E-state index >= 15 is 0 Å². The first-order chi connectivity index (χ1) is 10.5. The van der Waals surface area contributed by atoms with E-state index in [4.69, 9.17) is 9.47 Å². The van der Waals surface area contributed by atoms with Gasteiger partial charge in [-0.05, 0) is 11.1 Å². The van der Waals surface area contributed by atoms with Gasteiger partial charge >= 0.3 is 6.16 Å². The van der Waals surface area contributed by atoms with E-state index in [-0.39, 0.29) is 12.3 Å². The molecule has 0 saturated heterocycles. The molecule has 3 nitrogen and oxygen atoms in total. The van der Waals surface area contributed by atoms with Gasteiger partial charge < -0.3 is 9.47 Å². The molecule has 0 aromatic heterocycles. The zero-order chi connectivity index (χ0) is 16.0. The summed E-state index contributed by atoms with van der Waals surface area (Å²) < 4.78 is 10.9. The van der Waals surface area contributed by atoms with Crippen LogP contribution in [0.5, 0.6) is 0 Å². The van der Waals surface area contributed by atoms with Gasteiger partial charge in [0.25, 0.3) is 0 Å². The molecule has 0 fully saturated rings. The van der Waals surface area contributed by atoms with Crippen LogP contribution in [0.2, 0.25) is 19.6 Å². The van der Waals surface area contributed by atoms with Crippen molar-refractivity contribution in [1.82, 2.24) is 0 Å². The molecule has 0 aliphatic rings. The van der Waals surface area contributed by atoms with E-state index < -0.39 is 14.2 Å². The lowest BCUT2D eigenvalue weighted by Crippen LogP contribution is -2.34. The topological polar surface area (TPSA) is 35.5 Å². The van der Waals surface area contributed by atoms with Crippen LogP contribution in [0.3, 0.4) is 0 Å². The van der Waals surface area contributed by atoms with Crippen LogP contribution in [0.4, 0.5) is 4.79 Å². The third kappa shape index (κ3) is 4.74. The molecule has 1 atom stereocenters. The van der Waals surface area contributed by atoms with E-state index in [1.807, 2.05) is 60.7 Å². The number of ether oxygens (including phenoxy) is 2. The highest BCUT2D eigenvalue weighted by Gasteiger charge is 2.32. The van der Waals surface area contributed by atoms with E-state index in [0.29, 0.717) is 0 Å². The Kier molecular flexibility index (Phi) is 5.39. The van der Waals surface area contributed by atoms with Crippen LogP contribution in [0.1, 0.15) is 16.9 Å². The van der Waals surface area contributed by atoms with Gasteiger partial charge in [-0.3, -0.25) is 0 Å². The van der Waals surface area contributed by atoms with Crippen molar-refractivity contribution >= 4 is 14.2 Å². The van der Waals surface area contributed by atoms with Gasteiger partial charge in [0.1, 0.15) is 12.3 Å². The standard InChI is InChI=1S/C18H22O3Si/c1-22(2,3)17(16-12-8-5-9-13-16)21-18(19)20-14-15-10-6-4-7-11-15/h4-13,17H,14H2,1-3H3. The molecule has 1 unspecified atom stereocenters. The van der Waals surface area contributed by atoms with Crippen LogP contribution in [0.25, 0.3) is 0 Å². The minimum absolute atomic E-state index is 0.211. The van der Waals surface area contributed by atoms with Gasteiger partial charge in [-0.2, -0.15) is 0 Å². The normalized spacial score (nSPS) is 12.5. The fourth-order valence-corrected chi connectivity index (χ4v) is 3.86. The minimum Gasteiger partial charge on any atom is -0.430 e. The molecule has 2 rings (SSSR count). The Morgan fingerprint density at radius 3 is 2.05 bits per heavy atom. The quantitative estimate of drug-likeness (QED) is 0.578. The second-order valence-corrected chi connectivity index (χ2v) is 11.6. The van der Waals surface area contributed by atoms with Crippen molar-refractivity contribution in [2.24, 2.45) is 0 Å². The van der Waals surface area contributed by atoms with Crippen LogP contribution in [0.15, 0.2) is 60.7 Å². The summed E-state index contributed by atoms with van der Waals surface area (Å²) in [6.07, 6.45) is -0.611. The largest absolute Gasteiger partial charge is 0.508 e. The fourth-order valence-electron chi connectivity index (χ4n) is 2.22. The summed E-state index contributed by atoms with van der Waals surface area (Å²) in [6, 6.07) is 19.5. The van der Waals surface area contributed by atoms with Crippen molar-refractivity contribution in [2.45, 2.75) is 32.0 Å². The summed E-state index contributed by atoms with van der Waals surface area (Å²) >= 11 is 0. The number of hydrogen-bond donors (Lipinski definition) is 0. The average Bonchev–Trinajstić information content (AvgIpc) is 2.51. The maximum absolute atomic E-state index is 12.0. The van der Waals surface area contributed by atoms with Crippen LogP contribution in [0, 0.1) is 0 Å². The summed E-state index contributed by atoms with van der Waals surface area (Å²) in [5.41, 5.74) is 1.76. The molecule has 22 heavy (non-hydrogen) atoms. The zero-order valence-electron chi connectivity index (χ0n) is 13.3. The Morgan fingerprint density at radius 2 is 1.50 bits per heavy atom. The van der Waals surface area contributed by atoms with E-state index in [1.165, 1.54) is 0 Å². The van der Waals surface area contributed by atoms with E-state index in [9.17, 15) is 4.79 Å². The second kappa shape index (κ2) is 7.27. The van der Waals surface area contributed by atoms with Crippen molar-refractivity contribution in [3.63, 3.8) is 0 Å². The average molecular weight is 314 g/mol. The van der Waals surface area contributed by atoms with E-state index in [1.54, 1.807) is 0 Å². The number of carbonyl (C=O) groups excluding carboxylic acids is 1. The molecular weight excluding hydrogens is 292 g/mol. The molecule has 0 spiro atoms. The monoisotopic (exact) mass is 314 g/mol. The summed E-state index contributed by atoms with van der Waals surface area (Å²) in [4.78, 5) is 12.0. The summed E-state index contributed by atoms with van der Waals surface area (Å²) in [5.74, 6) is 0. The molecule has 2 aromatic carbocycles. The molecule has 0 saturated carbocycles. The van der Waals surface area contributed by atoms with Gasteiger partial charge in [-0.15, -0.1) is 0 Å². The van der Waals surface area contributed by atoms with E-state index in [0.717, 1.165) is 11.1 Å². The first-order valence-electron chi connectivity index (χ1n) is 7.39. The maximum atomic E-state index is 12.0. The third-order valence-corrected chi connectivity index (χ3v) is 5.33. The summed E-state index contributed by atoms with van der Waals surface area (Å²) in [7, 11) is -1.72. The number of benzene rings is 2. The molecule has 0 bridgehead atoms. The van der Waals surface area contributed by atoms with Crippen molar-refractivity contribution < 1.29 is 14.3 Å². The lowest BCUT2D eigenvalue weighted by atomic mass is 10.2. The van der Waals surface area contributed by atoms with Gasteiger partial charge in [0.15, 0.2) is 0 Å². The number of rotatable bonds is 5. The predicted molar refractivity (Wildman–Crippen MR) is 90.2 cm³/mol. The molecule has 0 aliphatic carbocycles. The Bertz CT molecular complexity index is 591. The zero-order valence-corrected chi connectivity index (χ0v) is 14.3. The molecule has 0 radical (unpaired) electrons. The lowest BCUT2D eigenvalue weighted by molar-refractivity contribution is 0.0374. The fraction of sp³-hybridized carbons (Fsp3) is 0.278. The first kappa shape index (κ1) is 16.3. The van der Waals surface area contributed by atoms with Crippen LogP contribution in [-0.4, -0.2) is 14.2 Å². The number of hydrogen-bond acceptors (Lipinski definition) is 3. The summed E-state index contributed by atoms with van der Waals surface area (Å²) in [5, 5.41) is 0. The minimum atomic E-state index is -1.72. The van der Waals surface area contributed by atoms with Crippen molar-refractivity contribution in [1.29, 1.82) is 0 Å². The Hall–Kier alpha value is -2.07. The third-order valence-electron chi connectivity index (χ3n) is 3.30. The predicted octanol–water partition coefficient (Wildman–Crippen LogP) is 4.96. The highest BCUT2D eigenvalue weighted by molar-refractivity contribution is 6.77. The van der Waals surface area contributed by atoms with Crippen LogP contribution >= 0.6 is 0 Å². The maximum Gasteiger partial charge on any atom is 0.508 e. The molecule has 0 amide bonds. The van der Waals surface area contributed by atoms with E-state index in [2.05, 4.69) is 19.6 Å². The smallest absolute Gasteiger partial charge is 0.430 e. The molecular formula is C18H22O3Si. The van der Waals surface area contributed by atoms with Gasteiger partial charge in [0, 0.05) is 0 Å². The van der Waals surface area contributed by atoms with Gasteiger partial charge in [0.05, 0.1) is 8.07 Å². The lowest BCUT2D eigenvalue weighted by Gasteiger charge is -2.28. The van der Waals surface area contributed by atoms with Crippen molar-refractivity contribution in [3.05, 3.63) is 71.8 Å². The molecule has 0 aliphatic heterocycles.